The minimum Gasteiger partial charge on any atom is -0.325 e. The van der Waals surface area contributed by atoms with Crippen LogP contribution in [-0.4, -0.2) is 43.1 Å². The van der Waals surface area contributed by atoms with Crippen molar-refractivity contribution in [2.45, 2.75) is 40.3 Å². The molecule has 0 fully saturated rings. The van der Waals surface area contributed by atoms with E-state index in [-0.39, 0.29) is 18.0 Å². The lowest BCUT2D eigenvalue weighted by atomic mass is 10.2. The smallest absolute Gasteiger partial charge is 0.262 e. The Morgan fingerprint density at radius 3 is 2.56 bits per heavy atom. The third kappa shape index (κ3) is 4.13. The summed E-state index contributed by atoms with van der Waals surface area (Å²) in [4.78, 5) is 27.7. The summed E-state index contributed by atoms with van der Waals surface area (Å²) in [7, 11) is 0. The molecule has 166 valence electrons. The summed E-state index contributed by atoms with van der Waals surface area (Å²) in [5, 5.41) is 12.4. The second-order valence-electron chi connectivity index (χ2n) is 7.89. The zero-order valence-electron chi connectivity index (χ0n) is 18.7. The van der Waals surface area contributed by atoms with Crippen LogP contribution in [0.3, 0.4) is 0 Å². The number of nitrogens with one attached hydrogen (secondary N) is 1. The number of nitrogens with zero attached hydrogens (tertiary/aromatic N) is 5. The highest BCUT2D eigenvalue weighted by molar-refractivity contribution is 5.92. The standard InChI is InChI=1S/C24H28N6O2/c1-4-14-28(16-22(31)25-19-12-8-6-10-17(19)3)15-21-26-27-24-29(5-2)23(32)18-11-7-9-13-20(18)30(21)24/h6-13H,4-5,14-16H2,1-3H3,(H,25,31). The Bertz CT molecular complexity index is 1320. The van der Waals surface area contributed by atoms with Gasteiger partial charge in [-0.05, 0) is 50.6 Å². The molecule has 1 amide bonds. The number of anilines is 1. The molecular formula is C24H28N6O2. The second-order valence-corrected chi connectivity index (χ2v) is 7.89. The number of hydrogen-bond acceptors (Lipinski definition) is 5. The van der Waals surface area contributed by atoms with Crippen molar-refractivity contribution in [3.8, 4) is 0 Å². The molecule has 0 saturated heterocycles. The highest BCUT2D eigenvalue weighted by Crippen LogP contribution is 2.17. The molecule has 0 aliphatic rings. The zero-order valence-corrected chi connectivity index (χ0v) is 18.7. The summed E-state index contributed by atoms with van der Waals surface area (Å²) >= 11 is 0. The number of rotatable bonds is 8. The lowest BCUT2D eigenvalue weighted by Crippen LogP contribution is -2.34. The van der Waals surface area contributed by atoms with Gasteiger partial charge in [0.05, 0.1) is 24.0 Å². The molecule has 0 spiro atoms. The van der Waals surface area contributed by atoms with Crippen LogP contribution >= 0.6 is 0 Å². The molecule has 4 rings (SSSR count). The number of aryl methyl sites for hydroxylation is 2. The van der Waals surface area contributed by atoms with Crippen molar-refractivity contribution in [3.05, 3.63) is 70.3 Å². The van der Waals surface area contributed by atoms with Crippen molar-refractivity contribution in [1.29, 1.82) is 0 Å². The fourth-order valence-corrected chi connectivity index (χ4v) is 4.04. The van der Waals surface area contributed by atoms with Crippen LogP contribution in [0.5, 0.6) is 0 Å². The number of para-hydroxylation sites is 2. The largest absolute Gasteiger partial charge is 0.325 e. The van der Waals surface area contributed by atoms with Crippen LogP contribution in [0, 0.1) is 6.92 Å². The van der Waals surface area contributed by atoms with Crippen molar-refractivity contribution >= 4 is 28.3 Å². The molecule has 2 heterocycles. The summed E-state index contributed by atoms with van der Waals surface area (Å²) in [5.74, 6) is 1.15. The van der Waals surface area contributed by atoms with Crippen molar-refractivity contribution in [1.82, 2.24) is 24.1 Å². The van der Waals surface area contributed by atoms with E-state index in [0.29, 0.717) is 30.1 Å². The fraction of sp³-hybridized carbons (Fsp3) is 0.333. The summed E-state index contributed by atoms with van der Waals surface area (Å²) in [6, 6.07) is 15.2. The Balaban J connectivity index is 1.66. The SMILES string of the molecule is CCCN(CC(=O)Nc1ccccc1C)Cc1nnc2n(CC)c(=O)c3ccccc3n12. The highest BCUT2D eigenvalue weighted by atomic mass is 16.2. The summed E-state index contributed by atoms with van der Waals surface area (Å²) in [5.41, 5.74) is 2.55. The van der Waals surface area contributed by atoms with E-state index in [1.807, 2.05) is 66.8 Å². The van der Waals surface area contributed by atoms with Crippen molar-refractivity contribution in [2.24, 2.45) is 0 Å². The van der Waals surface area contributed by atoms with Crippen LogP contribution < -0.4 is 10.9 Å². The Morgan fingerprint density at radius 1 is 1.06 bits per heavy atom. The first kappa shape index (κ1) is 21.7. The summed E-state index contributed by atoms with van der Waals surface area (Å²) in [6.07, 6.45) is 0.898. The molecule has 0 radical (unpaired) electrons. The molecule has 0 unspecified atom stereocenters. The molecule has 8 heteroatoms. The van der Waals surface area contributed by atoms with E-state index < -0.39 is 0 Å². The van der Waals surface area contributed by atoms with Crippen LogP contribution in [-0.2, 0) is 17.9 Å². The molecule has 4 aromatic rings. The van der Waals surface area contributed by atoms with Gasteiger partial charge in [-0.1, -0.05) is 37.3 Å². The quantitative estimate of drug-likeness (QED) is 0.462. The average Bonchev–Trinajstić information content (AvgIpc) is 3.19. The van der Waals surface area contributed by atoms with Gasteiger partial charge in [-0.15, -0.1) is 10.2 Å². The van der Waals surface area contributed by atoms with Gasteiger partial charge in [0.25, 0.3) is 5.56 Å². The topological polar surface area (TPSA) is 84.5 Å². The molecule has 2 aromatic carbocycles. The summed E-state index contributed by atoms with van der Waals surface area (Å²) < 4.78 is 3.57. The Morgan fingerprint density at radius 2 is 1.81 bits per heavy atom. The second kappa shape index (κ2) is 9.32. The molecule has 0 aliphatic heterocycles. The first-order chi connectivity index (χ1) is 15.5. The van der Waals surface area contributed by atoms with Crippen LogP contribution in [0.15, 0.2) is 53.3 Å². The van der Waals surface area contributed by atoms with E-state index in [1.54, 1.807) is 4.57 Å². The van der Waals surface area contributed by atoms with Gasteiger partial charge in [0.15, 0.2) is 5.82 Å². The number of hydrogen-bond donors (Lipinski definition) is 1. The monoisotopic (exact) mass is 432 g/mol. The van der Waals surface area contributed by atoms with Gasteiger partial charge < -0.3 is 5.32 Å². The molecule has 8 nitrogen and oxygen atoms in total. The molecule has 2 aromatic heterocycles. The number of aromatic nitrogens is 4. The van der Waals surface area contributed by atoms with Crippen LogP contribution in [0.1, 0.15) is 31.7 Å². The van der Waals surface area contributed by atoms with E-state index in [2.05, 4.69) is 27.3 Å². The molecule has 0 saturated carbocycles. The van der Waals surface area contributed by atoms with Crippen LogP contribution in [0.2, 0.25) is 0 Å². The van der Waals surface area contributed by atoms with Gasteiger partial charge in [0, 0.05) is 12.2 Å². The number of carbonyl (C=O) groups excluding carboxylic acids is 1. The lowest BCUT2D eigenvalue weighted by Gasteiger charge is -2.21. The first-order valence-corrected chi connectivity index (χ1v) is 11.0. The van der Waals surface area contributed by atoms with Crippen molar-refractivity contribution in [2.75, 3.05) is 18.4 Å². The van der Waals surface area contributed by atoms with E-state index in [1.165, 1.54) is 0 Å². The van der Waals surface area contributed by atoms with E-state index in [9.17, 15) is 9.59 Å². The minimum absolute atomic E-state index is 0.0717. The third-order valence-electron chi connectivity index (χ3n) is 5.58. The Kier molecular flexibility index (Phi) is 6.32. The van der Waals surface area contributed by atoms with Gasteiger partial charge in [-0.2, -0.15) is 0 Å². The van der Waals surface area contributed by atoms with Gasteiger partial charge >= 0.3 is 0 Å². The van der Waals surface area contributed by atoms with Gasteiger partial charge in [-0.3, -0.25) is 23.5 Å². The van der Waals surface area contributed by atoms with E-state index >= 15 is 0 Å². The number of benzene rings is 2. The maximum absolute atomic E-state index is 12.9. The molecule has 0 aliphatic carbocycles. The van der Waals surface area contributed by atoms with Gasteiger partial charge in [0.1, 0.15) is 0 Å². The Labute approximate surface area is 186 Å². The lowest BCUT2D eigenvalue weighted by molar-refractivity contribution is -0.117. The van der Waals surface area contributed by atoms with E-state index in [0.717, 1.165) is 29.7 Å². The number of amides is 1. The predicted molar refractivity (Wildman–Crippen MR) is 126 cm³/mol. The van der Waals surface area contributed by atoms with E-state index in [4.69, 9.17) is 0 Å². The van der Waals surface area contributed by atoms with Crippen molar-refractivity contribution < 1.29 is 4.79 Å². The molecular weight excluding hydrogens is 404 g/mol. The molecule has 0 atom stereocenters. The fourth-order valence-electron chi connectivity index (χ4n) is 4.04. The van der Waals surface area contributed by atoms with Gasteiger partial charge in [0.2, 0.25) is 11.7 Å². The molecule has 32 heavy (non-hydrogen) atoms. The number of fused-ring (bicyclic) bond motifs is 3. The predicted octanol–water partition coefficient (Wildman–Crippen LogP) is 3.22. The Hall–Kier alpha value is -3.52. The molecule has 1 N–H and O–H groups in total. The van der Waals surface area contributed by atoms with Crippen LogP contribution in [0.25, 0.3) is 16.7 Å². The number of carbonyl (C=O) groups is 1. The molecule has 0 bridgehead atoms. The van der Waals surface area contributed by atoms with Gasteiger partial charge in [-0.25, -0.2) is 0 Å². The highest BCUT2D eigenvalue weighted by Gasteiger charge is 2.19. The zero-order chi connectivity index (χ0) is 22.7. The average molecular weight is 433 g/mol. The normalized spacial score (nSPS) is 11.5. The van der Waals surface area contributed by atoms with Crippen molar-refractivity contribution in [3.63, 3.8) is 0 Å². The third-order valence-corrected chi connectivity index (χ3v) is 5.58. The van der Waals surface area contributed by atoms with Crippen LogP contribution in [0.4, 0.5) is 5.69 Å². The first-order valence-electron chi connectivity index (χ1n) is 11.0. The minimum atomic E-state index is -0.0723. The summed E-state index contributed by atoms with van der Waals surface area (Å²) in [6.45, 7) is 7.90. The maximum atomic E-state index is 12.9. The maximum Gasteiger partial charge on any atom is 0.262 e.